The molecule has 114 valence electrons. The van der Waals surface area contributed by atoms with Crippen LogP contribution < -0.4 is 5.32 Å². The molecule has 1 atom stereocenters. The molecule has 0 aliphatic carbocycles. The first-order chi connectivity index (χ1) is 10.3. The number of nitrogens with zero attached hydrogens (tertiary/aromatic N) is 1. The van der Waals surface area contributed by atoms with Crippen LogP contribution in [0.25, 0.3) is 22.0 Å². The van der Waals surface area contributed by atoms with Crippen LogP contribution in [0.1, 0.15) is 24.7 Å². The molecule has 2 heterocycles. The number of imidazole rings is 1. The van der Waals surface area contributed by atoms with Gasteiger partial charge in [0.15, 0.2) is 0 Å². The smallest absolute Gasteiger partial charge is 0.123 e. The topological polar surface area (TPSA) is 40.7 Å². The van der Waals surface area contributed by atoms with Crippen molar-refractivity contribution in [2.45, 2.75) is 18.9 Å². The van der Waals surface area contributed by atoms with E-state index in [2.05, 4.69) is 67.6 Å². The number of rotatable bonds is 2. The average Bonchev–Trinajstić information content (AvgIpc) is 3.17. The second-order valence-electron chi connectivity index (χ2n) is 5.54. The molecule has 1 unspecified atom stereocenters. The van der Waals surface area contributed by atoms with Gasteiger partial charge in [-0.2, -0.15) is 0 Å². The molecule has 2 aromatic carbocycles. The van der Waals surface area contributed by atoms with E-state index in [1.807, 2.05) is 6.20 Å². The molecule has 4 rings (SSSR count). The lowest BCUT2D eigenvalue weighted by atomic mass is 10.1. The normalized spacial score (nSPS) is 17.6. The molecular weight excluding hydrogens is 362 g/mol. The van der Waals surface area contributed by atoms with Gasteiger partial charge < -0.3 is 10.3 Å². The summed E-state index contributed by atoms with van der Waals surface area (Å²) in [6.07, 6.45) is 4.33. The van der Waals surface area contributed by atoms with Crippen molar-refractivity contribution in [3.05, 3.63) is 52.9 Å². The van der Waals surface area contributed by atoms with Crippen LogP contribution in [0.4, 0.5) is 0 Å². The molecule has 2 N–H and O–H groups in total. The summed E-state index contributed by atoms with van der Waals surface area (Å²) in [5, 5.41) is 5.96. The van der Waals surface area contributed by atoms with E-state index in [-0.39, 0.29) is 12.4 Å². The molecule has 0 saturated carbocycles. The van der Waals surface area contributed by atoms with Gasteiger partial charge in [-0.1, -0.05) is 34.1 Å². The number of aromatic amines is 1. The zero-order valence-electron chi connectivity index (χ0n) is 12.0. The molecule has 0 amide bonds. The van der Waals surface area contributed by atoms with Crippen LogP contribution in [0, 0.1) is 0 Å². The van der Waals surface area contributed by atoms with Crippen molar-refractivity contribution in [3.8, 4) is 11.3 Å². The van der Waals surface area contributed by atoms with Gasteiger partial charge in [-0.3, -0.25) is 0 Å². The standard InChI is InChI=1S/C17H16BrN3.ClH/c18-14-6-5-11-8-13(4-3-12(11)9-14)16-10-20-17(21-16)15-2-1-7-19-15;/h3-6,8-10,15,19H,1-2,7H2,(H,20,21);1H. The number of aromatic nitrogens is 2. The Morgan fingerprint density at radius 2 is 1.91 bits per heavy atom. The first-order valence-electron chi connectivity index (χ1n) is 7.27. The van der Waals surface area contributed by atoms with E-state index in [1.54, 1.807) is 0 Å². The highest BCUT2D eigenvalue weighted by Gasteiger charge is 2.19. The van der Waals surface area contributed by atoms with E-state index in [0.717, 1.165) is 22.5 Å². The molecular formula is C17H17BrClN3. The van der Waals surface area contributed by atoms with Gasteiger partial charge in [-0.25, -0.2) is 4.98 Å². The van der Waals surface area contributed by atoms with Crippen molar-refractivity contribution in [3.63, 3.8) is 0 Å². The summed E-state index contributed by atoms with van der Waals surface area (Å²) in [7, 11) is 0. The summed E-state index contributed by atoms with van der Waals surface area (Å²) >= 11 is 3.51. The molecule has 1 aromatic heterocycles. The maximum Gasteiger partial charge on any atom is 0.123 e. The van der Waals surface area contributed by atoms with E-state index in [4.69, 9.17) is 0 Å². The molecule has 3 nitrogen and oxygen atoms in total. The van der Waals surface area contributed by atoms with Gasteiger partial charge in [0.25, 0.3) is 0 Å². The minimum absolute atomic E-state index is 0. The van der Waals surface area contributed by atoms with Crippen molar-refractivity contribution in [1.82, 2.24) is 15.3 Å². The molecule has 0 spiro atoms. The molecule has 0 radical (unpaired) electrons. The van der Waals surface area contributed by atoms with E-state index in [9.17, 15) is 0 Å². The Balaban J connectivity index is 0.00000144. The Morgan fingerprint density at radius 3 is 2.73 bits per heavy atom. The molecule has 1 saturated heterocycles. The first kappa shape index (κ1) is 15.5. The van der Waals surface area contributed by atoms with E-state index in [1.165, 1.54) is 29.2 Å². The Kier molecular flexibility index (Phi) is 4.52. The fourth-order valence-corrected chi connectivity index (χ4v) is 3.34. The molecule has 1 aliphatic rings. The summed E-state index contributed by atoms with van der Waals surface area (Å²) in [4.78, 5) is 8.01. The number of hydrogen-bond acceptors (Lipinski definition) is 2. The van der Waals surface area contributed by atoms with Crippen molar-refractivity contribution in [2.75, 3.05) is 6.54 Å². The zero-order valence-corrected chi connectivity index (χ0v) is 14.4. The van der Waals surface area contributed by atoms with Crippen molar-refractivity contribution in [1.29, 1.82) is 0 Å². The second kappa shape index (κ2) is 6.41. The molecule has 3 aromatic rings. The lowest BCUT2D eigenvalue weighted by Crippen LogP contribution is -2.14. The van der Waals surface area contributed by atoms with Gasteiger partial charge in [0.2, 0.25) is 0 Å². The summed E-state index contributed by atoms with van der Waals surface area (Å²) in [6, 6.07) is 13.3. The third kappa shape index (κ3) is 2.91. The summed E-state index contributed by atoms with van der Waals surface area (Å²) in [5.74, 6) is 1.05. The number of hydrogen-bond donors (Lipinski definition) is 2. The second-order valence-corrected chi connectivity index (χ2v) is 6.45. The SMILES string of the molecule is Brc1ccc2cc(-c3cnc(C4CCCN4)[nH]3)ccc2c1.Cl. The number of H-pyrrole nitrogens is 1. The summed E-state index contributed by atoms with van der Waals surface area (Å²) < 4.78 is 1.11. The van der Waals surface area contributed by atoms with Crippen LogP contribution in [-0.2, 0) is 0 Å². The van der Waals surface area contributed by atoms with Crippen LogP contribution >= 0.6 is 28.3 Å². The maximum absolute atomic E-state index is 4.54. The fourth-order valence-electron chi connectivity index (χ4n) is 2.96. The van der Waals surface area contributed by atoms with Gasteiger partial charge in [0.05, 0.1) is 17.9 Å². The summed E-state index contributed by atoms with van der Waals surface area (Å²) in [5.41, 5.74) is 2.27. The third-order valence-electron chi connectivity index (χ3n) is 4.10. The van der Waals surface area contributed by atoms with Crippen molar-refractivity contribution in [2.24, 2.45) is 0 Å². The van der Waals surface area contributed by atoms with Crippen LogP contribution in [0.15, 0.2) is 47.1 Å². The minimum atomic E-state index is 0. The van der Waals surface area contributed by atoms with Crippen LogP contribution in [-0.4, -0.2) is 16.5 Å². The number of benzene rings is 2. The number of nitrogens with one attached hydrogen (secondary N) is 2. The van der Waals surface area contributed by atoms with Gasteiger partial charge >= 0.3 is 0 Å². The average molecular weight is 379 g/mol. The van der Waals surface area contributed by atoms with Gasteiger partial charge in [0, 0.05) is 10.0 Å². The monoisotopic (exact) mass is 377 g/mol. The lowest BCUT2D eigenvalue weighted by Gasteiger charge is -2.06. The van der Waals surface area contributed by atoms with Crippen molar-refractivity contribution >= 4 is 39.1 Å². The van der Waals surface area contributed by atoms with Gasteiger partial charge in [-0.15, -0.1) is 12.4 Å². The van der Waals surface area contributed by atoms with Gasteiger partial charge in [-0.05, 0) is 48.4 Å². The first-order valence-corrected chi connectivity index (χ1v) is 8.07. The molecule has 0 bridgehead atoms. The van der Waals surface area contributed by atoms with E-state index in [0.29, 0.717) is 6.04 Å². The molecule has 22 heavy (non-hydrogen) atoms. The largest absolute Gasteiger partial charge is 0.341 e. The molecule has 1 fully saturated rings. The Morgan fingerprint density at radius 1 is 1.09 bits per heavy atom. The van der Waals surface area contributed by atoms with Gasteiger partial charge in [0.1, 0.15) is 5.82 Å². The summed E-state index contributed by atoms with van der Waals surface area (Å²) in [6.45, 7) is 1.09. The Labute approximate surface area is 144 Å². The fraction of sp³-hybridized carbons (Fsp3) is 0.235. The Bertz CT molecular complexity index is 793. The number of fused-ring (bicyclic) bond motifs is 1. The number of halogens is 2. The quantitative estimate of drug-likeness (QED) is 0.670. The van der Waals surface area contributed by atoms with Crippen molar-refractivity contribution < 1.29 is 0 Å². The van der Waals surface area contributed by atoms with E-state index >= 15 is 0 Å². The predicted molar refractivity (Wildman–Crippen MR) is 96.5 cm³/mol. The highest BCUT2D eigenvalue weighted by atomic mass is 79.9. The van der Waals surface area contributed by atoms with E-state index < -0.39 is 0 Å². The molecule has 5 heteroatoms. The maximum atomic E-state index is 4.54. The zero-order chi connectivity index (χ0) is 14.2. The Hall–Kier alpha value is -1.36. The van der Waals surface area contributed by atoms with Crippen LogP contribution in [0.5, 0.6) is 0 Å². The highest BCUT2D eigenvalue weighted by molar-refractivity contribution is 9.10. The third-order valence-corrected chi connectivity index (χ3v) is 4.59. The minimum Gasteiger partial charge on any atom is -0.341 e. The van der Waals surface area contributed by atoms with Crippen LogP contribution in [0.2, 0.25) is 0 Å². The predicted octanol–water partition coefficient (Wildman–Crippen LogP) is 4.84. The highest BCUT2D eigenvalue weighted by Crippen LogP contribution is 2.27. The van der Waals surface area contributed by atoms with Crippen LogP contribution in [0.3, 0.4) is 0 Å². The lowest BCUT2D eigenvalue weighted by molar-refractivity contribution is 0.613. The molecule has 1 aliphatic heterocycles.